The minimum absolute atomic E-state index is 0.0336. The summed E-state index contributed by atoms with van der Waals surface area (Å²) in [6.07, 6.45) is 1.78. The molecule has 1 amide bonds. The van der Waals surface area contributed by atoms with E-state index in [0.29, 0.717) is 18.4 Å². The van der Waals surface area contributed by atoms with Crippen molar-refractivity contribution < 1.29 is 13.6 Å². The Balaban J connectivity index is 2.24. The number of carbonyl (C=O) groups is 1. The molecule has 0 radical (unpaired) electrons. The Morgan fingerprint density at radius 3 is 2.56 bits per heavy atom. The molecular weight excluding hydrogens is 236 g/mol. The number of hydrogen-bond acceptors (Lipinski definition) is 1. The van der Waals surface area contributed by atoms with Crippen LogP contribution in [0.1, 0.15) is 32.3 Å². The van der Waals surface area contributed by atoms with E-state index in [1.54, 1.807) is 6.07 Å². The Kier molecular flexibility index (Phi) is 3.37. The Labute approximate surface area is 105 Å². The minimum atomic E-state index is -0.840. The van der Waals surface area contributed by atoms with E-state index in [1.807, 2.05) is 13.8 Å². The molecule has 1 aromatic rings. The van der Waals surface area contributed by atoms with Crippen LogP contribution in [0.4, 0.5) is 8.78 Å². The van der Waals surface area contributed by atoms with Crippen molar-refractivity contribution in [1.29, 1.82) is 0 Å². The van der Waals surface area contributed by atoms with E-state index in [9.17, 15) is 13.6 Å². The van der Waals surface area contributed by atoms with Crippen molar-refractivity contribution >= 4 is 5.91 Å². The van der Waals surface area contributed by atoms with Crippen LogP contribution in [0, 0.1) is 17.6 Å². The van der Waals surface area contributed by atoms with Gasteiger partial charge in [-0.15, -0.1) is 0 Å². The van der Waals surface area contributed by atoms with Crippen LogP contribution in [-0.2, 0) is 11.2 Å². The SMILES string of the molecule is CC(C)C1(Cc2ccc(F)c(F)c2)CCC(=O)N1. The zero-order valence-corrected chi connectivity index (χ0v) is 10.6. The molecule has 0 bridgehead atoms. The van der Waals surface area contributed by atoms with Crippen LogP contribution in [0.25, 0.3) is 0 Å². The topological polar surface area (TPSA) is 29.1 Å². The highest BCUT2D eigenvalue weighted by atomic mass is 19.2. The highest BCUT2D eigenvalue weighted by molar-refractivity contribution is 5.79. The van der Waals surface area contributed by atoms with Gasteiger partial charge in [0.05, 0.1) is 0 Å². The molecule has 1 fully saturated rings. The number of benzene rings is 1. The monoisotopic (exact) mass is 253 g/mol. The molecule has 1 saturated heterocycles. The number of amides is 1. The van der Waals surface area contributed by atoms with E-state index in [0.717, 1.165) is 12.5 Å². The van der Waals surface area contributed by atoms with E-state index in [4.69, 9.17) is 0 Å². The summed E-state index contributed by atoms with van der Waals surface area (Å²) in [5.41, 5.74) is 0.381. The van der Waals surface area contributed by atoms with Crippen molar-refractivity contribution in [2.45, 2.75) is 38.6 Å². The van der Waals surface area contributed by atoms with Gasteiger partial charge in [-0.25, -0.2) is 8.78 Å². The molecule has 0 aliphatic carbocycles. The second-order valence-electron chi connectivity index (χ2n) is 5.28. The maximum atomic E-state index is 13.2. The molecule has 1 N–H and O–H groups in total. The lowest BCUT2D eigenvalue weighted by Crippen LogP contribution is -2.48. The van der Waals surface area contributed by atoms with Crippen LogP contribution in [0.2, 0.25) is 0 Å². The highest BCUT2D eigenvalue weighted by Crippen LogP contribution is 2.32. The number of carbonyl (C=O) groups excluding carboxylic acids is 1. The summed E-state index contributed by atoms with van der Waals surface area (Å²) in [6, 6.07) is 3.92. The van der Waals surface area contributed by atoms with Gasteiger partial charge < -0.3 is 5.32 Å². The molecule has 0 saturated carbocycles. The molecule has 98 valence electrons. The Morgan fingerprint density at radius 2 is 2.06 bits per heavy atom. The summed E-state index contributed by atoms with van der Waals surface area (Å²) in [5, 5.41) is 2.99. The number of halogens is 2. The highest BCUT2D eigenvalue weighted by Gasteiger charge is 2.40. The Morgan fingerprint density at radius 1 is 1.33 bits per heavy atom. The molecular formula is C14H17F2NO. The largest absolute Gasteiger partial charge is 0.350 e. The van der Waals surface area contributed by atoms with Crippen molar-refractivity contribution in [3.8, 4) is 0 Å². The molecule has 1 heterocycles. The van der Waals surface area contributed by atoms with Crippen molar-refractivity contribution in [3.05, 3.63) is 35.4 Å². The van der Waals surface area contributed by atoms with E-state index in [1.165, 1.54) is 6.07 Å². The van der Waals surface area contributed by atoms with E-state index in [2.05, 4.69) is 5.32 Å². The van der Waals surface area contributed by atoms with Gasteiger partial charge in [0.2, 0.25) is 5.91 Å². The maximum absolute atomic E-state index is 13.2. The van der Waals surface area contributed by atoms with Crippen molar-refractivity contribution in [1.82, 2.24) is 5.32 Å². The molecule has 0 spiro atoms. The quantitative estimate of drug-likeness (QED) is 0.881. The third-order valence-electron chi connectivity index (χ3n) is 3.80. The van der Waals surface area contributed by atoms with Crippen LogP contribution in [0.3, 0.4) is 0 Å². The third-order valence-corrected chi connectivity index (χ3v) is 3.80. The summed E-state index contributed by atoms with van der Waals surface area (Å²) >= 11 is 0. The molecule has 1 aliphatic rings. The normalized spacial score (nSPS) is 23.5. The van der Waals surface area contributed by atoms with Gasteiger partial charge in [0.1, 0.15) is 0 Å². The second kappa shape index (κ2) is 4.67. The first-order chi connectivity index (χ1) is 8.43. The summed E-state index contributed by atoms with van der Waals surface area (Å²) in [7, 11) is 0. The molecule has 2 nitrogen and oxygen atoms in total. The van der Waals surface area contributed by atoms with Crippen LogP contribution in [-0.4, -0.2) is 11.4 Å². The Hall–Kier alpha value is -1.45. The van der Waals surface area contributed by atoms with Crippen LogP contribution < -0.4 is 5.32 Å². The van der Waals surface area contributed by atoms with Crippen LogP contribution >= 0.6 is 0 Å². The fourth-order valence-corrected chi connectivity index (χ4v) is 2.52. The molecule has 1 aliphatic heterocycles. The molecule has 1 atom stereocenters. The predicted molar refractivity (Wildman–Crippen MR) is 65.0 cm³/mol. The first-order valence-electron chi connectivity index (χ1n) is 6.18. The van der Waals surface area contributed by atoms with Crippen molar-refractivity contribution in [2.75, 3.05) is 0 Å². The first kappa shape index (κ1) is 13.0. The molecule has 1 aromatic carbocycles. The smallest absolute Gasteiger partial charge is 0.220 e. The van der Waals surface area contributed by atoms with Crippen LogP contribution in [0.15, 0.2) is 18.2 Å². The molecule has 18 heavy (non-hydrogen) atoms. The van der Waals surface area contributed by atoms with E-state index < -0.39 is 11.6 Å². The van der Waals surface area contributed by atoms with Crippen LogP contribution in [0.5, 0.6) is 0 Å². The Bertz CT molecular complexity index is 473. The lowest BCUT2D eigenvalue weighted by atomic mass is 9.80. The standard InChI is InChI=1S/C14H17F2NO/c1-9(2)14(6-5-13(18)17-14)8-10-3-4-11(15)12(16)7-10/h3-4,7,9H,5-6,8H2,1-2H3,(H,17,18). The summed E-state index contributed by atoms with van der Waals surface area (Å²) < 4.78 is 26.1. The average Bonchev–Trinajstić information content (AvgIpc) is 2.67. The van der Waals surface area contributed by atoms with Crippen molar-refractivity contribution in [2.24, 2.45) is 5.92 Å². The van der Waals surface area contributed by atoms with E-state index >= 15 is 0 Å². The van der Waals surface area contributed by atoms with Crippen molar-refractivity contribution in [3.63, 3.8) is 0 Å². The van der Waals surface area contributed by atoms with Gasteiger partial charge in [0.15, 0.2) is 11.6 Å². The van der Waals surface area contributed by atoms with Gasteiger partial charge >= 0.3 is 0 Å². The lowest BCUT2D eigenvalue weighted by Gasteiger charge is -2.33. The van der Waals surface area contributed by atoms with Gasteiger partial charge in [0, 0.05) is 12.0 Å². The summed E-state index contributed by atoms with van der Waals surface area (Å²) in [4.78, 5) is 11.4. The molecule has 0 aromatic heterocycles. The van der Waals surface area contributed by atoms with E-state index in [-0.39, 0.29) is 17.4 Å². The zero-order valence-electron chi connectivity index (χ0n) is 10.6. The number of rotatable bonds is 3. The second-order valence-corrected chi connectivity index (χ2v) is 5.28. The van der Waals surface area contributed by atoms with Gasteiger partial charge in [-0.2, -0.15) is 0 Å². The zero-order chi connectivity index (χ0) is 13.3. The third kappa shape index (κ3) is 2.37. The minimum Gasteiger partial charge on any atom is -0.350 e. The summed E-state index contributed by atoms with van der Waals surface area (Å²) in [5.74, 6) is -1.40. The fraction of sp³-hybridized carbons (Fsp3) is 0.500. The molecule has 2 rings (SSSR count). The molecule has 4 heteroatoms. The van der Waals surface area contributed by atoms with Gasteiger partial charge in [-0.05, 0) is 36.5 Å². The first-order valence-corrected chi connectivity index (χ1v) is 6.18. The lowest BCUT2D eigenvalue weighted by molar-refractivity contribution is -0.120. The van der Waals surface area contributed by atoms with Gasteiger partial charge in [-0.1, -0.05) is 19.9 Å². The number of nitrogens with one attached hydrogen (secondary N) is 1. The predicted octanol–water partition coefficient (Wildman–Crippen LogP) is 2.81. The fourth-order valence-electron chi connectivity index (χ4n) is 2.52. The summed E-state index contributed by atoms with van der Waals surface area (Å²) in [6.45, 7) is 4.07. The van der Waals surface area contributed by atoms with Gasteiger partial charge in [-0.3, -0.25) is 4.79 Å². The molecule has 1 unspecified atom stereocenters. The van der Waals surface area contributed by atoms with Gasteiger partial charge in [0.25, 0.3) is 0 Å². The average molecular weight is 253 g/mol. The maximum Gasteiger partial charge on any atom is 0.220 e. The number of hydrogen-bond donors (Lipinski definition) is 1.